The second-order valence-corrected chi connectivity index (χ2v) is 10.6. The highest BCUT2D eigenvalue weighted by Gasteiger charge is 2.71. The van der Waals surface area contributed by atoms with Gasteiger partial charge in [0.1, 0.15) is 0 Å². The molecule has 0 spiro atoms. The Labute approximate surface area is 221 Å². The van der Waals surface area contributed by atoms with Crippen molar-refractivity contribution >= 4 is 5.57 Å². The summed E-state index contributed by atoms with van der Waals surface area (Å²) in [6.45, 7) is 8.40. The zero-order valence-corrected chi connectivity index (χ0v) is 22.4. The molecule has 1 N–H and O–H groups in total. The SMILES string of the molecule is COC1(C)C(c2ccccc2)(c2ccccc2)C(c2ccccc2)=C(C)C(C)(O)C1(C)c1ccccc1. The van der Waals surface area contributed by atoms with Gasteiger partial charge in [0.05, 0.1) is 22.0 Å². The third kappa shape index (κ3) is 3.26. The Balaban J connectivity index is 2.08. The quantitative estimate of drug-likeness (QED) is 0.314. The van der Waals surface area contributed by atoms with Crippen molar-refractivity contribution in [3.8, 4) is 0 Å². The fraction of sp³-hybridized carbons (Fsp3) is 0.257. The zero-order valence-electron chi connectivity index (χ0n) is 22.4. The summed E-state index contributed by atoms with van der Waals surface area (Å²) in [7, 11) is 1.79. The molecule has 0 saturated heterocycles. The van der Waals surface area contributed by atoms with Gasteiger partial charge < -0.3 is 9.84 Å². The van der Waals surface area contributed by atoms with Crippen LogP contribution in [0.1, 0.15) is 49.9 Å². The summed E-state index contributed by atoms with van der Waals surface area (Å²) in [4.78, 5) is 0. The molecule has 0 bridgehead atoms. The topological polar surface area (TPSA) is 29.5 Å². The lowest BCUT2D eigenvalue weighted by molar-refractivity contribution is -0.158. The van der Waals surface area contributed by atoms with Crippen LogP contribution in [0.2, 0.25) is 0 Å². The molecule has 188 valence electrons. The van der Waals surface area contributed by atoms with Gasteiger partial charge in [0.15, 0.2) is 0 Å². The molecule has 3 atom stereocenters. The largest absolute Gasteiger partial charge is 0.385 e. The van der Waals surface area contributed by atoms with Crippen molar-refractivity contribution in [3.05, 3.63) is 149 Å². The molecule has 4 aromatic rings. The number of ether oxygens (including phenoxy) is 1. The smallest absolute Gasteiger partial charge is 0.0954 e. The van der Waals surface area contributed by atoms with Crippen molar-refractivity contribution in [2.75, 3.05) is 7.11 Å². The highest BCUT2D eigenvalue weighted by atomic mass is 16.5. The molecular weight excluding hydrogens is 452 g/mol. The molecule has 2 heteroatoms. The third-order valence-electron chi connectivity index (χ3n) is 9.36. The maximum Gasteiger partial charge on any atom is 0.0954 e. The van der Waals surface area contributed by atoms with Crippen LogP contribution < -0.4 is 0 Å². The van der Waals surface area contributed by atoms with E-state index in [0.717, 1.165) is 33.4 Å². The maximum atomic E-state index is 12.7. The van der Waals surface area contributed by atoms with Crippen molar-refractivity contribution < 1.29 is 9.84 Å². The minimum absolute atomic E-state index is 0.747. The molecule has 3 unspecified atom stereocenters. The Morgan fingerprint density at radius 3 is 1.35 bits per heavy atom. The Hall–Kier alpha value is -3.46. The number of hydrogen-bond acceptors (Lipinski definition) is 2. The van der Waals surface area contributed by atoms with Crippen molar-refractivity contribution in [1.29, 1.82) is 0 Å². The Bertz CT molecular complexity index is 1350. The standard InChI is InChI=1S/C35H36O2/c1-26-31(27-18-10-6-11-19-27)35(29-22-14-8-15-23-29,30-24-16-9-17-25-30)34(4,37-5)32(2,33(26,3)36)28-20-12-7-13-21-28/h6-25,36H,1-5H3. The summed E-state index contributed by atoms with van der Waals surface area (Å²) in [5, 5.41) is 12.7. The molecular formula is C35H36O2. The van der Waals surface area contributed by atoms with Crippen molar-refractivity contribution in [1.82, 2.24) is 0 Å². The summed E-state index contributed by atoms with van der Waals surface area (Å²) in [6.07, 6.45) is 0. The zero-order chi connectivity index (χ0) is 26.3. The van der Waals surface area contributed by atoms with Gasteiger partial charge in [-0.2, -0.15) is 0 Å². The van der Waals surface area contributed by atoms with Gasteiger partial charge in [0.25, 0.3) is 0 Å². The van der Waals surface area contributed by atoms with Crippen molar-refractivity contribution in [2.24, 2.45) is 0 Å². The molecule has 0 fully saturated rings. The number of methoxy groups -OCH3 is 1. The van der Waals surface area contributed by atoms with E-state index in [1.165, 1.54) is 0 Å². The molecule has 0 amide bonds. The van der Waals surface area contributed by atoms with Crippen LogP contribution >= 0.6 is 0 Å². The van der Waals surface area contributed by atoms with E-state index in [2.05, 4.69) is 118 Å². The summed E-state index contributed by atoms with van der Waals surface area (Å²) in [5.41, 5.74) is 2.66. The fourth-order valence-corrected chi connectivity index (χ4v) is 7.08. The first kappa shape index (κ1) is 25.2. The molecule has 0 saturated carbocycles. The Morgan fingerprint density at radius 1 is 0.568 bits per heavy atom. The number of hydrogen-bond donors (Lipinski definition) is 1. The predicted octanol–water partition coefficient (Wildman–Crippen LogP) is 7.57. The van der Waals surface area contributed by atoms with Gasteiger partial charge in [0.2, 0.25) is 0 Å². The first-order valence-electron chi connectivity index (χ1n) is 13.0. The van der Waals surface area contributed by atoms with Crippen LogP contribution in [0, 0.1) is 0 Å². The molecule has 5 rings (SSSR count). The molecule has 2 nitrogen and oxygen atoms in total. The van der Waals surface area contributed by atoms with E-state index >= 15 is 0 Å². The molecule has 0 aromatic heterocycles. The monoisotopic (exact) mass is 488 g/mol. The average Bonchev–Trinajstić information content (AvgIpc) is 2.95. The minimum atomic E-state index is -1.22. The van der Waals surface area contributed by atoms with E-state index in [0.29, 0.717) is 0 Å². The van der Waals surface area contributed by atoms with E-state index in [1.807, 2.05) is 31.2 Å². The lowest BCUT2D eigenvalue weighted by Gasteiger charge is -2.66. The predicted molar refractivity (Wildman–Crippen MR) is 153 cm³/mol. The highest BCUT2D eigenvalue weighted by Crippen LogP contribution is 2.67. The average molecular weight is 489 g/mol. The van der Waals surface area contributed by atoms with Gasteiger partial charge in [-0.3, -0.25) is 0 Å². The Kier molecular flexibility index (Phi) is 6.22. The fourth-order valence-electron chi connectivity index (χ4n) is 7.08. The second kappa shape index (κ2) is 9.13. The molecule has 1 aliphatic carbocycles. The van der Waals surface area contributed by atoms with Gasteiger partial charge in [-0.05, 0) is 61.1 Å². The van der Waals surface area contributed by atoms with Gasteiger partial charge in [0, 0.05) is 7.11 Å². The minimum Gasteiger partial charge on any atom is -0.385 e. The normalized spacial score (nSPS) is 27.2. The van der Waals surface area contributed by atoms with Crippen LogP contribution in [0.4, 0.5) is 0 Å². The molecule has 0 radical (unpaired) electrons. The van der Waals surface area contributed by atoms with Crippen LogP contribution in [0.5, 0.6) is 0 Å². The van der Waals surface area contributed by atoms with Crippen molar-refractivity contribution in [2.45, 2.75) is 49.7 Å². The third-order valence-corrected chi connectivity index (χ3v) is 9.36. The van der Waals surface area contributed by atoms with Gasteiger partial charge in [-0.15, -0.1) is 0 Å². The molecule has 0 aliphatic heterocycles. The summed E-state index contributed by atoms with van der Waals surface area (Å²) in [5.74, 6) is 0. The molecule has 1 aliphatic rings. The lowest BCUT2D eigenvalue weighted by atomic mass is 9.41. The van der Waals surface area contributed by atoms with Gasteiger partial charge in [-0.1, -0.05) is 121 Å². The number of aliphatic hydroxyl groups is 1. The Morgan fingerprint density at radius 2 is 0.946 bits per heavy atom. The highest BCUT2D eigenvalue weighted by molar-refractivity contribution is 5.87. The first-order chi connectivity index (χ1) is 17.8. The van der Waals surface area contributed by atoms with Crippen LogP contribution in [-0.2, 0) is 15.6 Å². The van der Waals surface area contributed by atoms with E-state index in [9.17, 15) is 5.11 Å². The lowest BCUT2D eigenvalue weighted by Crippen LogP contribution is -2.73. The van der Waals surface area contributed by atoms with Gasteiger partial charge in [-0.25, -0.2) is 0 Å². The van der Waals surface area contributed by atoms with E-state index in [1.54, 1.807) is 7.11 Å². The van der Waals surface area contributed by atoms with Crippen LogP contribution in [0.25, 0.3) is 5.57 Å². The van der Waals surface area contributed by atoms with Crippen LogP contribution in [0.15, 0.2) is 127 Å². The maximum absolute atomic E-state index is 12.7. The van der Waals surface area contributed by atoms with E-state index in [-0.39, 0.29) is 0 Å². The molecule has 0 heterocycles. The van der Waals surface area contributed by atoms with Crippen LogP contribution in [0.3, 0.4) is 0 Å². The summed E-state index contributed by atoms with van der Waals surface area (Å²) < 4.78 is 6.82. The van der Waals surface area contributed by atoms with Crippen molar-refractivity contribution in [3.63, 3.8) is 0 Å². The second-order valence-electron chi connectivity index (χ2n) is 10.6. The number of rotatable bonds is 5. The van der Waals surface area contributed by atoms with E-state index < -0.39 is 22.0 Å². The molecule has 37 heavy (non-hydrogen) atoms. The number of benzene rings is 4. The molecule has 4 aromatic carbocycles. The summed E-state index contributed by atoms with van der Waals surface area (Å²) >= 11 is 0. The summed E-state index contributed by atoms with van der Waals surface area (Å²) in [6, 6.07) is 42.1. The first-order valence-corrected chi connectivity index (χ1v) is 13.0. The van der Waals surface area contributed by atoms with E-state index in [4.69, 9.17) is 4.74 Å². The van der Waals surface area contributed by atoms with Gasteiger partial charge >= 0.3 is 0 Å². The van der Waals surface area contributed by atoms with Crippen LogP contribution in [-0.4, -0.2) is 23.4 Å².